The van der Waals surface area contributed by atoms with E-state index >= 15 is 0 Å². The predicted molar refractivity (Wildman–Crippen MR) is 91.9 cm³/mol. The number of rotatable bonds is 2. The lowest BCUT2D eigenvalue weighted by Crippen LogP contribution is -2.43. The first-order valence-corrected chi connectivity index (χ1v) is 8.00. The average Bonchev–Trinajstić information content (AvgIpc) is 2.57. The van der Waals surface area contributed by atoms with Gasteiger partial charge >= 0.3 is 6.03 Å². The molecule has 0 fully saturated rings. The molecule has 4 nitrogen and oxygen atoms in total. The second-order valence-electron chi connectivity index (χ2n) is 5.73. The number of aliphatic hydroxyl groups is 1. The third-order valence-corrected chi connectivity index (χ3v) is 4.52. The Hall–Kier alpha value is -2.04. The minimum atomic E-state index is -0.320. The molecule has 0 aromatic heterocycles. The third-order valence-electron chi connectivity index (χ3n) is 4.29. The number of nitrogens with zero attached hydrogens (tertiary/aromatic N) is 1. The highest BCUT2D eigenvalue weighted by atomic mass is 35.5. The lowest BCUT2D eigenvalue weighted by atomic mass is 9.93. The molecule has 0 aliphatic carbocycles. The summed E-state index contributed by atoms with van der Waals surface area (Å²) in [5.41, 5.74) is 3.84. The van der Waals surface area contributed by atoms with E-state index in [9.17, 15) is 9.90 Å². The Kier molecular flexibility index (Phi) is 4.55. The molecule has 0 spiro atoms. The van der Waals surface area contributed by atoms with E-state index in [2.05, 4.69) is 5.32 Å². The van der Waals surface area contributed by atoms with Crippen LogP contribution in [0.2, 0.25) is 5.02 Å². The molecule has 0 bridgehead atoms. The van der Waals surface area contributed by atoms with Crippen molar-refractivity contribution in [2.24, 2.45) is 0 Å². The number of fused-ring (bicyclic) bond motifs is 1. The number of carbonyl (C=O) groups is 1. The zero-order valence-electron chi connectivity index (χ0n) is 12.9. The molecular weight excluding hydrogens is 312 g/mol. The number of benzene rings is 2. The number of aryl methyl sites for hydroxylation is 1. The molecule has 0 radical (unpaired) electrons. The summed E-state index contributed by atoms with van der Waals surface area (Å²) in [6.07, 6.45) is 0.786. The topological polar surface area (TPSA) is 52.6 Å². The average molecular weight is 331 g/mol. The van der Waals surface area contributed by atoms with Gasteiger partial charge in [0.1, 0.15) is 0 Å². The Morgan fingerprint density at radius 2 is 2.13 bits per heavy atom. The largest absolute Gasteiger partial charge is 0.394 e. The van der Waals surface area contributed by atoms with Gasteiger partial charge in [-0.05, 0) is 42.2 Å². The third kappa shape index (κ3) is 3.19. The molecule has 1 aliphatic heterocycles. The van der Waals surface area contributed by atoms with E-state index in [1.165, 1.54) is 5.56 Å². The van der Waals surface area contributed by atoms with Crippen LogP contribution in [0.4, 0.5) is 10.5 Å². The maximum Gasteiger partial charge on any atom is 0.322 e. The summed E-state index contributed by atoms with van der Waals surface area (Å²) in [6, 6.07) is 12.8. The molecule has 1 aliphatic rings. The maximum atomic E-state index is 12.7. The monoisotopic (exact) mass is 330 g/mol. The van der Waals surface area contributed by atoms with Crippen LogP contribution in [0.15, 0.2) is 42.5 Å². The summed E-state index contributed by atoms with van der Waals surface area (Å²) in [4.78, 5) is 14.4. The minimum Gasteiger partial charge on any atom is -0.394 e. The summed E-state index contributed by atoms with van der Waals surface area (Å²) in [5.74, 6) is 0. The molecule has 2 N–H and O–H groups in total. The van der Waals surface area contributed by atoms with Crippen LogP contribution in [-0.4, -0.2) is 29.2 Å². The summed E-state index contributed by atoms with van der Waals surface area (Å²) in [7, 11) is 0. The first-order valence-electron chi connectivity index (χ1n) is 7.62. The Morgan fingerprint density at radius 3 is 2.91 bits per heavy atom. The van der Waals surface area contributed by atoms with Crippen molar-refractivity contribution in [1.29, 1.82) is 0 Å². The fourth-order valence-electron chi connectivity index (χ4n) is 3.01. The highest BCUT2D eigenvalue weighted by Crippen LogP contribution is 2.30. The standard InChI is InChI=1S/C18H19ClN2O2/c1-12-6-7-14(19)10-16(12)20-18(23)21-9-8-13-4-2-3-5-15(13)17(21)11-22/h2-7,10,17,22H,8-9,11H2,1H3,(H,20,23). The van der Waals surface area contributed by atoms with Crippen LogP contribution in [-0.2, 0) is 6.42 Å². The molecule has 1 atom stereocenters. The first-order chi connectivity index (χ1) is 11.1. The minimum absolute atomic E-state index is 0.0983. The van der Waals surface area contributed by atoms with E-state index in [0.717, 1.165) is 17.5 Å². The van der Waals surface area contributed by atoms with Gasteiger partial charge < -0.3 is 15.3 Å². The highest BCUT2D eigenvalue weighted by Gasteiger charge is 2.30. The zero-order valence-corrected chi connectivity index (χ0v) is 13.7. The van der Waals surface area contributed by atoms with Gasteiger partial charge in [-0.1, -0.05) is 41.9 Å². The number of nitrogens with one attached hydrogen (secondary N) is 1. The van der Waals surface area contributed by atoms with E-state index in [-0.39, 0.29) is 18.7 Å². The van der Waals surface area contributed by atoms with Gasteiger partial charge in [-0.15, -0.1) is 0 Å². The van der Waals surface area contributed by atoms with Crippen molar-refractivity contribution in [2.75, 3.05) is 18.5 Å². The molecule has 0 saturated carbocycles. The summed E-state index contributed by atoms with van der Waals surface area (Å²) >= 11 is 6.00. The number of aliphatic hydroxyl groups excluding tert-OH is 1. The zero-order chi connectivity index (χ0) is 16.4. The molecule has 0 saturated heterocycles. The molecule has 120 valence electrons. The van der Waals surface area contributed by atoms with Crippen molar-refractivity contribution in [3.8, 4) is 0 Å². The summed E-state index contributed by atoms with van der Waals surface area (Å²) < 4.78 is 0. The summed E-state index contributed by atoms with van der Waals surface area (Å²) in [5, 5.41) is 13.3. The molecule has 23 heavy (non-hydrogen) atoms. The van der Waals surface area contributed by atoms with E-state index < -0.39 is 0 Å². The SMILES string of the molecule is Cc1ccc(Cl)cc1NC(=O)N1CCc2ccccc2C1CO. The highest BCUT2D eigenvalue weighted by molar-refractivity contribution is 6.31. The number of hydrogen-bond donors (Lipinski definition) is 2. The number of hydrogen-bond acceptors (Lipinski definition) is 2. The van der Waals surface area contributed by atoms with Crippen molar-refractivity contribution < 1.29 is 9.90 Å². The van der Waals surface area contributed by atoms with Crippen LogP contribution in [0.25, 0.3) is 0 Å². The van der Waals surface area contributed by atoms with E-state index in [1.54, 1.807) is 17.0 Å². The number of halogens is 1. The van der Waals surface area contributed by atoms with E-state index in [4.69, 9.17) is 11.6 Å². The Labute approximate surface area is 140 Å². The Bertz CT molecular complexity index is 733. The van der Waals surface area contributed by atoms with Crippen LogP contribution in [0.3, 0.4) is 0 Å². The van der Waals surface area contributed by atoms with Gasteiger partial charge in [-0.25, -0.2) is 4.79 Å². The quantitative estimate of drug-likeness (QED) is 0.880. The molecule has 2 aromatic rings. The van der Waals surface area contributed by atoms with Crippen LogP contribution in [0.5, 0.6) is 0 Å². The lowest BCUT2D eigenvalue weighted by molar-refractivity contribution is 0.135. The molecule has 1 heterocycles. The maximum absolute atomic E-state index is 12.7. The Balaban J connectivity index is 1.84. The van der Waals surface area contributed by atoms with Gasteiger partial charge in [0.2, 0.25) is 0 Å². The fourth-order valence-corrected chi connectivity index (χ4v) is 3.18. The Morgan fingerprint density at radius 1 is 1.35 bits per heavy atom. The number of urea groups is 1. The first kappa shape index (κ1) is 15.8. The number of amides is 2. The van der Waals surface area contributed by atoms with Crippen LogP contribution in [0.1, 0.15) is 22.7 Å². The van der Waals surface area contributed by atoms with Gasteiger partial charge in [0.25, 0.3) is 0 Å². The molecule has 2 amide bonds. The van der Waals surface area contributed by atoms with Gasteiger partial charge in [0.15, 0.2) is 0 Å². The lowest BCUT2D eigenvalue weighted by Gasteiger charge is -2.36. The second-order valence-corrected chi connectivity index (χ2v) is 6.17. The van der Waals surface area contributed by atoms with Gasteiger partial charge in [0, 0.05) is 17.3 Å². The van der Waals surface area contributed by atoms with Crippen molar-refractivity contribution in [3.05, 3.63) is 64.2 Å². The number of carbonyl (C=O) groups excluding carboxylic acids is 1. The van der Waals surface area contributed by atoms with Crippen molar-refractivity contribution in [1.82, 2.24) is 4.90 Å². The van der Waals surface area contributed by atoms with Crippen LogP contribution in [0, 0.1) is 6.92 Å². The van der Waals surface area contributed by atoms with E-state index in [1.807, 2.05) is 37.3 Å². The normalized spacial score (nSPS) is 16.8. The van der Waals surface area contributed by atoms with Crippen LogP contribution < -0.4 is 5.32 Å². The number of anilines is 1. The van der Waals surface area contributed by atoms with Crippen molar-refractivity contribution >= 4 is 23.3 Å². The molecule has 5 heteroatoms. The molecule has 2 aromatic carbocycles. The smallest absolute Gasteiger partial charge is 0.322 e. The van der Waals surface area contributed by atoms with Crippen molar-refractivity contribution in [3.63, 3.8) is 0 Å². The molecular formula is C18H19ClN2O2. The van der Waals surface area contributed by atoms with Crippen LogP contribution >= 0.6 is 11.6 Å². The predicted octanol–water partition coefficient (Wildman–Crippen LogP) is 3.77. The molecule has 3 rings (SSSR count). The summed E-state index contributed by atoms with van der Waals surface area (Å²) in [6.45, 7) is 2.40. The van der Waals surface area contributed by atoms with Gasteiger partial charge in [-0.3, -0.25) is 0 Å². The van der Waals surface area contributed by atoms with Gasteiger partial charge in [0.05, 0.1) is 12.6 Å². The fraction of sp³-hybridized carbons (Fsp3) is 0.278. The van der Waals surface area contributed by atoms with Crippen molar-refractivity contribution in [2.45, 2.75) is 19.4 Å². The van der Waals surface area contributed by atoms with E-state index in [0.29, 0.717) is 17.3 Å². The second kappa shape index (κ2) is 6.60. The van der Waals surface area contributed by atoms with Gasteiger partial charge in [-0.2, -0.15) is 0 Å². The molecule has 1 unspecified atom stereocenters.